The van der Waals surface area contributed by atoms with Gasteiger partial charge in [-0.2, -0.15) is 5.10 Å². The molecule has 0 radical (unpaired) electrons. The van der Waals surface area contributed by atoms with E-state index >= 15 is 0 Å². The van der Waals surface area contributed by atoms with Crippen LogP contribution in [0.2, 0.25) is 0 Å². The van der Waals surface area contributed by atoms with Gasteiger partial charge < -0.3 is 20.1 Å². The van der Waals surface area contributed by atoms with Crippen LogP contribution in [0.15, 0.2) is 42.5 Å². The summed E-state index contributed by atoms with van der Waals surface area (Å²) < 4.78 is 0. The van der Waals surface area contributed by atoms with Crippen molar-refractivity contribution in [1.82, 2.24) is 25.4 Å². The summed E-state index contributed by atoms with van der Waals surface area (Å²) in [4.78, 5) is 8.56. The van der Waals surface area contributed by atoms with Gasteiger partial charge in [0.25, 0.3) is 0 Å². The van der Waals surface area contributed by atoms with Gasteiger partial charge in [0.05, 0.1) is 11.2 Å². The van der Waals surface area contributed by atoms with Crippen LogP contribution in [0.5, 0.6) is 0 Å². The van der Waals surface area contributed by atoms with E-state index in [-0.39, 0.29) is 0 Å². The molecule has 0 amide bonds. The van der Waals surface area contributed by atoms with Gasteiger partial charge in [-0.15, -0.1) is 0 Å². The number of aromatic amines is 2. The third-order valence-corrected chi connectivity index (χ3v) is 7.14. The van der Waals surface area contributed by atoms with Gasteiger partial charge in [0, 0.05) is 48.2 Å². The van der Waals surface area contributed by atoms with E-state index < -0.39 is 0 Å². The van der Waals surface area contributed by atoms with Crippen molar-refractivity contribution in [1.29, 1.82) is 0 Å². The fourth-order valence-corrected chi connectivity index (χ4v) is 5.24. The Bertz CT molecular complexity index is 1210. The molecule has 0 aliphatic carbocycles. The molecule has 6 nitrogen and oxygen atoms in total. The molecule has 2 aromatic heterocycles. The number of anilines is 1. The summed E-state index contributed by atoms with van der Waals surface area (Å²) in [5.74, 6) is 0.639. The lowest BCUT2D eigenvalue weighted by atomic mass is 9.89. The lowest BCUT2D eigenvalue weighted by Gasteiger charge is -2.34. The second kappa shape index (κ2) is 7.70. The highest BCUT2D eigenvalue weighted by atomic mass is 15.2. The van der Waals surface area contributed by atoms with Gasteiger partial charge in [-0.25, -0.2) is 0 Å². The van der Waals surface area contributed by atoms with E-state index in [1.54, 1.807) is 0 Å². The maximum Gasteiger partial charge on any atom is 0.116 e. The van der Waals surface area contributed by atoms with Crippen LogP contribution in [-0.2, 0) is 0 Å². The monoisotopic (exact) mass is 414 g/mol. The summed E-state index contributed by atoms with van der Waals surface area (Å²) >= 11 is 0. The van der Waals surface area contributed by atoms with Crippen LogP contribution in [0, 0.1) is 0 Å². The molecule has 4 heterocycles. The lowest BCUT2D eigenvalue weighted by Crippen LogP contribution is -2.44. The zero-order valence-corrected chi connectivity index (χ0v) is 18.1. The maximum absolute atomic E-state index is 4.71. The van der Waals surface area contributed by atoms with Crippen LogP contribution < -0.4 is 10.2 Å². The molecule has 160 valence electrons. The standard InChI is InChI=1S/C25H30N6/c1-30-11-13-31(14-12-30)24-4-2-3-21-19(24)16-23(27-21)25-20-15-18(5-6-22(20)28-29-25)17-7-9-26-10-8-17/h2-6,15-17,26-27H,7-14H2,1H3,(H,28,29). The number of benzene rings is 2. The van der Waals surface area contributed by atoms with E-state index in [0.717, 1.165) is 56.2 Å². The molecule has 0 unspecified atom stereocenters. The zero-order valence-electron chi connectivity index (χ0n) is 18.1. The Kier molecular flexibility index (Phi) is 4.69. The maximum atomic E-state index is 4.71. The number of hydrogen-bond donors (Lipinski definition) is 3. The highest BCUT2D eigenvalue weighted by Gasteiger charge is 2.20. The van der Waals surface area contributed by atoms with Gasteiger partial charge in [0.1, 0.15) is 5.69 Å². The third kappa shape index (κ3) is 3.40. The van der Waals surface area contributed by atoms with Crippen molar-refractivity contribution < 1.29 is 0 Å². The third-order valence-electron chi connectivity index (χ3n) is 7.14. The van der Waals surface area contributed by atoms with Crippen molar-refractivity contribution in [2.45, 2.75) is 18.8 Å². The number of nitrogens with zero attached hydrogens (tertiary/aromatic N) is 3. The molecule has 2 aliphatic heterocycles. The van der Waals surface area contributed by atoms with Crippen molar-refractivity contribution in [3.05, 3.63) is 48.0 Å². The number of likely N-dealkylation sites (N-methyl/N-ethyl adjacent to an activating group) is 1. The molecule has 2 aromatic carbocycles. The van der Waals surface area contributed by atoms with Gasteiger partial charge in [-0.3, -0.25) is 5.10 Å². The van der Waals surface area contributed by atoms with Crippen LogP contribution >= 0.6 is 0 Å². The molecule has 6 rings (SSSR count). The van der Waals surface area contributed by atoms with Crippen molar-refractivity contribution in [3.63, 3.8) is 0 Å². The largest absolute Gasteiger partial charge is 0.368 e. The van der Waals surface area contributed by atoms with Gasteiger partial charge in [0.15, 0.2) is 0 Å². The van der Waals surface area contributed by atoms with Crippen molar-refractivity contribution in [2.24, 2.45) is 0 Å². The molecule has 0 saturated carbocycles. The number of piperazine rings is 1. The van der Waals surface area contributed by atoms with Crippen LogP contribution in [0.4, 0.5) is 5.69 Å². The first-order valence-electron chi connectivity index (χ1n) is 11.5. The minimum Gasteiger partial charge on any atom is -0.368 e. The molecule has 4 aromatic rings. The highest BCUT2D eigenvalue weighted by molar-refractivity contribution is 6.00. The van der Waals surface area contributed by atoms with Gasteiger partial charge in [-0.05, 0) is 74.8 Å². The number of piperidine rings is 1. The van der Waals surface area contributed by atoms with Crippen LogP contribution in [0.1, 0.15) is 24.3 Å². The zero-order chi connectivity index (χ0) is 20.8. The van der Waals surface area contributed by atoms with Crippen molar-refractivity contribution >= 4 is 27.5 Å². The average Bonchev–Trinajstić information content (AvgIpc) is 3.43. The second-order valence-electron chi connectivity index (χ2n) is 9.11. The number of rotatable bonds is 3. The molecule has 31 heavy (non-hydrogen) atoms. The molecular weight excluding hydrogens is 384 g/mol. The van der Waals surface area contributed by atoms with Crippen molar-refractivity contribution in [3.8, 4) is 11.4 Å². The van der Waals surface area contributed by atoms with E-state index in [4.69, 9.17) is 5.10 Å². The Balaban J connectivity index is 1.40. The second-order valence-corrected chi connectivity index (χ2v) is 9.11. The SMILES string of the molecule is CN1CCN(c2cccc3[nH]c(-c4n[nH]c5ccc(C6CCNCC6)cc45)cc23)CC1. The van der Waals surface area contributed by atoms with E-state index in [2.05, 4.69) is 74.7 Å². The first-order chi connectivity index (χ1) is 15.3. The number of nitrogens with one attached hydrogen (secondary N) is 3. The van der Waals surface area contributed by atoms with Crippen molar-refractivity contribution in [2.75, 3.05) is 51.2 Å². The smallest absolute Gasteiger partial charge is 0.116 e. The molecule has 2 aliphatic rings. The average molecular weight is 415 g/mol. The fraction of sp³-hybridized carbons (Fsp3) is 0.400. The van der Waals surface area contributed by atoms with E-state index in [0.29, 0.717) is 5.92 Å². The Labute approximate surface area is 182 Å². The van der Waals surface area contributed by atoms with Crippen LogP contribution in [0.25, 0.3) is 33.2 Å². The highest BCUT2D eigenvalue weighted by Crippen LogP contribution is 2.35. The van der Waals surface area contributed by atoms with E-state index in [9.17, 15) is 0 Å². The van der Waals surface area contributed by atoms with Crippen LogP contribution in [-0.4, -0.2) is 66.4 Å². The molecule has 0 spiro atoms. The molecule has 0 bridgehead atoms. The van der Waals surface area contributed by atoms with E-state index in [1.807, 2.05) is 0 Å². The van der Waals surface area contributed by atoms with Gasteiger partial charge in [-0.1, -0.05) is 12.1 Å². The molecule has 6 heteroatoms. The Hall–Kier alpha value is -2.83. The summed E-state index contributed by atoms with van der Waals surface area (Å²) in [5, 5.41) is 13.9. The Morgan fingerprint density at radius 1 is 0.903 bits per heavy atom. The van der Waals surface area contributed by atoms with Gasteiger partial charge >= 0.3 is 0 Å². The van der Waals surface area contributed by atoms with Gasteiger partial charge in [0.2, 0.25) is 0 Å². The first-order valence-corrected chi connectivity index (χ1v) is 11.5. The molecule has 0 atom stereocenters. The molecule has 3 N–H and O–H groups in total. The Morgan fingerprint density at radius 3 is 2.58 bits per heavy atom. The molecule has 2 fully saturated rings. The normalized spacial score (nSPS) is 18.9. The topological polar surface area (TPSA) is 63.0 Å². The number of aromatic nitrogens is 3. The number of H-pyrrole nitrogens is 2. The summed E-state index contributed by atoms with van der Waals surface area (Å²) in [5.41, 5.74) is 7.15. The minimum absolute atomic E-state index is 0.639. The predicted molar refractivity (Wildman–Crippen MR) is 128 cm³/mol. The summed E-state index contributed by atoms with van der Waals surface area (Å²) in [6.45, 7) is 6.58. The molecule has 2 saturated heterocycles. The Morgan fingerprint density at radius 2 is 1.74 bits per heavy atom. The summed E-state index contributed by atoms with van der Waals surface area (Å²) in [7, 11) is 2.20. The predicted octanol–water partition coefficient (Wildman–Crippen LogP) is 3.93. The number of hydrogen-bond acceptors (Lipinski definition) is 4. The van der Waals surface area contributed by atoms with Crippen LogP contribution in [0.3, 0.4) is 0 Å². The lowest BCUT2D eigenvalue weighted by molar-refractivity contribution is 0.313. The number of fused-ring (bicyclic) bond motifs is 2. The van der Waals surface area contributed by atoms with E-state index in [1.165, 1.54) is 40.4 Å². The summed E-state index contributed by atoms with van der Waals surface area (Å²) in [6, 6.07) is 15.7. The molecular formula is C25H30N6. The summed E-state index contributed by atoms with van der Waals surface area (Å²) in [6.07, 6.45) is 2.42. The minimum atomic E-state index is 0.639. The fourth-order valence-electron chi connectivity index (χ4n) is 5.24. The quantitative estimate of drug-likeness (QED) is 0.475. The first kappa shape index (κ1) is 18.9.